The molecular formula is C28H32O16. The lowest BCUT2D eigenvalue weighted by molar-refractivity contribution is -0.355. The minimum absolute atomic E-state index is 0.0140. The van der Waals surface area contributed by atoms with Crippen LogP contribution in [0.25, 0.3) is 22.3 Å². The van der Waals surface area contributed by atoms with Crippen LogP contribution in [-0.4, -0.2) is 121 Å². The van der Waals surface area contributed by atoms with E-state index < -0.39 is 96.1 Å². The van der Waals surface area contributed by atoms with Crippen molar-refractivity contribution in [1.82, 2.24) is 0 Å². The first-order chi connectivity index (χ1) is 20.9. The van der Waals surface area contributed by atoms with Gasteiger partial charge in [0.2, 0.25) is 17.5 Å². The fourth-order valence-electron chi connectivity index (χ4n) is 5.08. The van der Waals surface area contributed by atoms with Crippen molar-refractivity contribution in [1.29, 1.82) is 0 Å². The molecule has 0 bridgehead atoms. The summed E-state index contributed by atoms with van der Waals surface area (Å²) in [5, 5.41) is 92.0. The Morgan fingerprint density at radius 1 is 0.841 bits per heavy atom. The predicted octanol–water partition coefficient (Wildman–Crippen LogP) is -1.38. The minimum atomic E-state index is -1.90. The number of fused-ring (bicyclic) bond motifs is 1. The summed E-state index contributed by atoms with van der Waals surface area (Å²) in [5.74, 6) is -2.23. The summed E-state index contributed by atoms with van der Waals surface area (Å²) in [6.45, 7) is 0.613. The van der Waals surface area contributed by atoms with Crippen LogP contribution in [0.2, 0.25) is 0 Å². The average molecular weight is 625 g/mol. The zero-order chi connectivity index (χ0) is 32.0. The molecule has 10 atom stereocenters. The van der Waals surface area contributed by atoms with E-state index in [1.807, 2.05) is 0 Å². The third-order valence-electron chi connectivity index (χ3n) is 7.52. The highest BCUT2D eigenvalue weighted by atomic mass is 16.8. The molecule has 3 heterocycles. The number of aliphatic hydroxyl groups excluding tert-OH is 6. The van der Waals surface area contributed by atoms with Crippen LogP contribution >= 0.6 is 0 Å². The first-order valence-electron chi connectivity index (χ1n) is 13.4. The van der Waals surface area contributed by atoms with E-state index in [-0.39, 0.29) is 28.4 Å². The molecule has 44 heavy (non-hydrogen) atoms. The van der Waals surface area contributed by atoms with Gasteiger partial charge in [0, 0.05) is 17.7 Å². The molecule has 0 spiro atoms. The van der Waals surface area contributed by atoms with Crippen LogP contribution < -0.4 is 14.9 Å². The maximum absolute atomic E-state index is 13.8. The van der Waals surface area contributed by atoms with Crippen molar-refractivity contribution in [2.24, 2.45) is 0 Å². The van der Waals surface area contributed by atoms with E-state index in [0.717, 1.165) is 12.1 Å². The van der Waals surface area contributed by atoms with Crippen molar-refractivity contribution < 1.29 is 74.1 Å². The lowest BCUT2D eigenvalue weighted by Crippen LogP contribution is -2.64. The van der Waals surface area contributed by atoms with E-state index in [1.165, 1.54) is 32.2 Å². The zero-order valence-electron chi connectivity index (χ0n) is 23.3. The minimum Gasteiger partial charge on any atom is -0.508 e. The van der Waals surface area contributed by atoms with Crippen molar-refractivity contribution in [3.8, 4) is 40.1 Å². The average Bonchev–Trinajstić information content (AvgIpc) is 2.99. The monoisotopic (exact) mass is 624 g/mol. The Bertz CT molecular complexity index is 1550. The van der Waals surface area contributed by atoms with Gasteiger partial charge < -0.3 is 74.1 Å². The molecule has 16 heteroatoms. The molecule has 0 aliphatic carbocycles. The zero-order valence-corrected chi connectivity index (χ0v) is 23.3. The van der Waals surface area contributed by atoms with Gasteiger partial charge in [-0.05, 0) is 25.1 Å². The van der Waals surface area contributed by atoms with Gasteiger partial charge in [-0.1, -0.05) is 0 Å². The third kappa shape index (κ3) is 5.63. The van der Waals surface area contributed by atoms with Crippen LogP contribution in [0.1, 0.15) is 6.92 Å². The largest absolute Gasteiger partial charge is 0.508 e. The Morgan fingerprint density at radius 2 is 1.57 bits per heavy atom. The highest BCUT2D eigenvalue weighted by Gasteiger charge is 2.51. The molecule has 2 fully saturated rings. The van der Waals surface area contributed by atoms with Gasteiger partial charge in [0.05, 0.1) is 19.8 Å². The maximum atomic E-state index is 13.8. The number of hydrogen-bond donors (Lipinski definition) is 9. The quantitative estimate of drug-likeness (QED) is 0.147. The van der Waals surface area contributed by atoms with Gasteiger partial charge >= 0.3 is 0 Å². The van der Waals surface area contributed by atoms with Crippen molar-refractivity contribution >= 4 is 11.0 Å². The molecule has 2 aromatic carbocycles. The molecule has 3 aromatic rings. The number of ether oxygens (including phenoxy) is 5. The van der Waals surface area contributed by atoms with Gasteiger partial charge in [0.25, 0.3) is 0 Å². The number of methoxy groups -OCH3 is 1. The summed E-state index contributed by atoms with van der Waals surface area (Å²) in [6.07, 6.45) is -16.6. The smallest absolute Gasteiger partial charge is 0.239 e. The molecule has 0 amide bonds. The normalized spacial score (nSPS) is 32.5. The Labute approximate surface area is 248 Å². The molecular weight excluding hydrogens is 592 g/mol. The summed E-state index contributed by atoms with van der Waals surface area (Å²) in [4.78, 5) is 13.8. The van der Waals surface area contributed by atoms with E-state index in [2.05, 4.69) is 0 Å². The van der Waals surface area contributed by atoms with Crippen molar-refractivity contribution in [3.63, 3.8) is 0 Å². The Balaban J connectivity index is 1.61. The lowest BCUT2D eigenvalue weighted by Gasteiger charge is -2.45. The van der Waals surface area contributed by atoms with Crippen LogP contribution in [0.5, 0.6) is 28.7 Å². The topological polar surface area (TPSA) is 258 Å². The molecule has 16 nitrogen and oxygen atoms in total. The molecule has 0 radical (unpaired) electrons. The number of phenols is 3. The van der Waals surface area contributed by atoms with Crippen molar-refractivity contribution in [3.05, 3.63) is 40.6 Å². The molecule has 0 saturated carbocycles. The Kier molecular flexibility index (Phi) is 8.90. The Hall–Kier alpha value is -3.71. The first kappa shape index (κ1) is 31.7. The first-order valence-corrected chi connectivity index (χ1v) is 13.4. The molecule has 5 rings (SSSR count). The summed E-state index contributed by atoms with van der Waals surface area (Å²) in [7, 11) is 1.29. The van der Waals surface area contributed by atoms with E-state index in [4.69, 9.17) is 28.1 Å². The Morgan fingerprint density at radius 3 is 2.25 bits per heavy atom. The molecule has 2 saturated heterocycles. The molecule has 0 unspecified atom stereocenters. The number of benzene rings is 2. The molecule has 240 valence electrons. The lowest BCUT2D eigenvalue weighted by atomic mass is 9.97. The van der Waals surface area contributed by atoms with Gasteiger partial charge in [-0.2, -0.15) is 0 Å². The van der Waals surface area contributed by atoms with E-state index in [9.17, 15) is 50.8 Å². The summed E-state index contributed by atoms with van der Waals surface area (Å²) >= 11 is 0. The van der Waals surface area contributed by atoms with Gasteiger partial charge in [-0.15, -0.1) is 0 Å². The second-order valence-electron chi connectivity index (χ2n) is 10.4. The number of hydrogen-bond acceptors (Lipinski definition) is 16. The standard InChI is InChI=1S/C28H32O16/c1-9-18(33)22(37)26(44-27-23(38)21(36)19(34)16(8-29)42-27)28(40-9)43-25-20(35)17-13(32)6-11(30)7-15(17)41-24(25)10-3-4-12(31)14(5-10)39-2/h3-7,9,16,18-19,21-23,26-34,36-38H,8H2,1-2H3/t9-,16+,18-,19+,21-,22+,23+,26+,27-,28-/m0/s1. The highest BCUT2D eigenvalue weighted by molar-refractivity contribution is 5.88. The summed E-state index contributed by atoms with van der Waals surface area (Å²) in [5.41, 5.74) is -1.09. The van der Waals surface area contributed by atoms with E-state index in [0.29, 0.717) is 0 Å². The maximum Gasteiger partial charge on any atom is 0.239 e. The van der Waals surface area contributed by atoms with Crippen LogP contribution in [0, 0.1) is 0 Å². The highest BCUT2D eigenvalue weighted by Crippen LogP contribution is 2.40. The van der Waals surface area contributed by atoms with Crippen LogP contribution in [0.15, 0.2) is 39.5 Å². The summed E-state index contributed by atoms with van der Waals surface area (Å²) in [6, 6.07) is 5.87. The van der Waals surface area contributed by atoms with Gasteiger partial charge in [-0.3, -0.25) is 4.79 Å². The van der Waals surface area contributed by atoms with E-state index >= 15 is 0 Å². The number of aromatic hydroxyl groups is 3. The third-order valence-corrected chi connectivity index (χ3v) is 7.52. The van der Waals surface area contributed by atoms with Gasteiger partial charge in [0.1, 0.15) is 59.1 Å². The van der Waals surface area contributed by atoms with Crippen LogP contribution in [0.3, 0.4) is 0 Å². The fraction of sp³-hybridized carbons (Fsp3) is 0.464. The SMILES string of the molecule is COc1cc(-c2oc3cc(O)cc(O)c3c(=O)c2O[C@@H]2O[C@@H](C)[C@H](O)[C@@H](O)[C@H]2O[C@@H]2O[C@H](CO)[C@@H](O)[C@H](O)[C@H]2O)ccc1O. The molecule has 2 aliphatic rings. The number of aliphatic hydroxyl groups is 6. The second-order valence-corrected chi connectivity index (χ2v) is 10.4. The van der Waals surface area contributed by atoms with Gasteiger partial charge in [0.15, 0.2) is 29.7 Å². The van der Waals surface area contributed by atoms with Crippen molar-refractivity contribution in [2.75, 3.05) is 13.7 Å². The number of rotatable bonds is 7. The fourth-order valence-corrected chi connectivity index (χ4v) is 5.08. The predicted molar refractivity (Wildman–Crippen MR) is 145 cm³/mol. The van der Waals surface area contributed by atoms with Crippen LogP contribution in [-0.2, 0) is 14.2 Å². The van der Waals surface area contributed by atoms with Crippen molar-refractivity contribution in [2.45, 2.75) is 68.3 Å². The van der Waals surface area contributed by atoms with E-state index in [1.54, 1.807) is 0 Å². The van der Waals surface area contributed by atoms with Crippen LogP contribution in [0.4, 0.5) is 0 Å². The molecule has 9 N–H and O–H groups in total. The second kappa shape index (κ2) is 12.4. The molecule has 2 aliphatic heterocycles. The van der Waals surface area contributed by atoms with Gasteiger partial charge in [-0.25, -0.2) is 0 Å². The molecule has 1 aromatic heterocycles. The number of phenolic OH excluding ortho intramolecular Hbond substituents is 3. The summed E-state index contributed by atoms with van der Waals surface area (Å²) < 4.78 is 33.8.